The summed E-state index contributed by atoms with van der Waals surface area (Å²) in [5, 5.41) is 8.43. The minimum atomic E-state index is -4.90. The summed E-state index contributed by atoms with van der Waals surface area (Å²) in [6.45, 7) is 0. The molecule has 408 valence electrons. The normalized spacial score (nSPS) is 11.3. The number of rotatable bonds is 12. The van der Waals surface area contributed by atoms with Crippen LogP contribution in [0.4, 0.5) is 0 Å². The van der Waals surface area contributed by atoms with E-state index >= 15 is 0 Å². The molecule has 24 heteroatoms. The molecule has 0 atom stereocenters. The summed E-state index contributed by atoms with van der Waals surface area (Å²) in [4.78, 5) is 0. The van der Waals surface area contributed by atoms with Crippen molar-refractivity contribution >= 4 is 86.7 Å². The zero-order chi connectivity index (χ0) is 56.5. The van der Waals surface area contributed by atoms with Crippen molar-refractivity contribution in [3.05, 3.63) is 242 Å². The molecule has 0 heterocycles. The minimum absolute atomic E-state index is 0.895. The summed E-state index contributed by atoms with van der Waals surface area (Å²) in [7, 11) is 16.0. The summed E-state index contributed by atoms with van der Waals surface area (Å²) < 4.78 is 115. The van der Waals surface area contributed by atoms with E-state index in [0.717, 1.165) is 23.8 Å². The van der Waals surface area contributed by atoms with Crippen LogP contribution >= 0.6 is 54.9 Å². The van der Waals surface area contributed by atoms with Crippen molar-refractivity contribution in [2.45, 2.75) is 12.3 Å². The molecule has 14 nitrogen and oxygen atoms in total. The van der Waals surface area contributed by atoms with Gasteiger partial charge in [-0.05, 0) is 108 Å². The van der Waals surface area contributed by atoms with Crippen molar-refractivity contribution in [2.24, 2.45) is 0 Å². The molecule has 8 aromatic carbocycles. The molecule has 8 aromatic rings. The summed E-state index contributed by atoms with van der Waals surface area (Å²) in [6.07, 6.45) is 1.96. The Hall–Kier alpha value is -4.30. The molecule has 0 aromatic heterocycles. The van der Waals surface area contributed by atoms with Gasteiger partial charge in [0.2, 0.25) is 0 Å². The molecular weight excluding hydrogens is 1270 g/mol. The van der Waals surface area contributed by atoms with Crippen LogP contribution in [0.3, 0.4) is 0 Å². The Morgan fingerprint density at radius 2 is 0.487 bits per heavy atom. The van der Waals surface area contributed by atoms with Crippen LogP contribution in [-0.4, -0.2) is 22.6 Å². The zero-order valence-electron chi connectivity index (χ0n) is 40.1. The van der Waals surface area contributed by atoms with E-state index in [4.69, 9.17) is 56.9 Å². The van der Waals surface area contributed by atoms with E-state index in [-0.39, 0.29) is 0 Å². The molecule has 2 N–H and O–H groups in total. The summed E-state index contributed by atoms with van der Waals surface area (Å²) >= 11 is -19.1. The monoisotopic (exact) mass is 1320 g/mol. The predicted molar refractivity (Wildman–Crippen MR) is 277 cm³/mol. The maximum absolute atomic E-state index is 9.01. The van der Waals surface area contributed by atoms with Crippen LogP contribution < -0.4 is 49.7 Å². The van der Waals surface area contributed by atoms with Crippen LogP contribution in [0.15, 0.2) is 231 Å². The van der Waals surface area contributed by atoms with Crippen molar-refractivity contribution in [3.8, 4) is 11.5 Å². The molecule has 8 rings (SSSR count). The van der Waals surface area contributed by atoms with Crippen LogP contribution in [0.2, 0.25) is 0 Å². The number of hydrogen-bond donors (Lipinski definition) is 2. The Morgan fingerprint density at radius 3 is 0.618 bits per heavy atom. The van der Waals surface area contributed by atoms with Crippen molar-refractivity contribution in [3.63, 3.8) is 0 Å². The standard InChI is InChI=1S/2C26H24OP.4ClH.4Mn.2H2O.10O/c2*1-27-23-19-17-22(18-20-23)21-28(24-11-5-2-6-12-24,25-13-7-3-8-14-25)26-15-9-4-10-16-26;;;;;;;;;;;;;;;;;;;;/h2*2-20H,21H2,1H3;4*1H;;;;;2*1H2;;;;;;;;;;/q2*+1;;;;;2*+1;2*+2;;;;;;;;;;;2*-1/p-6. The number of halogens is 4. The second kappa shape index (κ2) is 31.9. The van der Waals surface area contributed by atoms with Gasteiger partial charge in [-0.15, -0.1) is 0 Å². The average molecular weight is 1320 g/mol. The number of ether oxygens (including phenoxy) is 2. The Labute approximate surface area is 467 Å². The van der Waals surface area contributed by atoms with Crippen LogP contribution in [0, 0.1) is 0 Å². The molecule has 0 bridgehead atoms. The predicted octanol–water partition coefficient (Wildman–Crippen LogP) is 8.68. The zero-order valence-corrected chi connectivity index (χ0v) is 49.6. The van der Waals surface area contributed by atoms with E-state index in [2.05, 4.69) is 271 Å². The second-order valence-corrected chi connectivity index (χ2v) is 32.6. The van der Waals surface area contributed by atoms with Crippen molar-refractivity contribution in [2.75, 3.05) is 14.2 Å². The SMILES string of the molecule is COc1ccc(C[P+](c2ccccc2)(c2ccccc2)c2ccccc2)cc1.COc1ccc(C[P+](c2ccccc2)(c2ccccc2)c2ccccc2)cc1.[O]=[Mn](=[O])([O-])[Cl].[O]=[Mn](=[O])([O-])[Cl].[O]=[Mn](=[O])([OH])[Cl].[O]=[Mn](=[O])([OH])[Cl]. The molecule has 0 spiro atoms. The van der Waals surface area contributed by atoms with Gasteiger partial charge in [-0.1, -0.05) is 133 Å². The van der Waals surface area contributed by atoms with Gasteiger partial charge in [0.15, 0.2) is 0 Å². The molecule has 0 saturated heterocycles. The fourth-order valence-corrected chi connectivity index (χ4v) is 16.0. The van der Waals surface area contributed by atoms with Gasteiger partial charge in [-0.25, -0.2) is 0 Å². The number of methoxy groups -OCH3 is 2. The molecule has 0 aliphatic rings. The van der Waals surface area contributed by atoms with Gasteiger partial charge >= 0.3 is 136 Å². The molecule has 76 heavy (non-hydrogen) atoms. The van der Waals surface area contributed by atoms with E-state index < -0.39 is 63.0 Å². The van der Waals surface area contributed by atoms with Gasteiger partial charge in [0.05, 0.1) is 26.5 Å². The van der Waals surface area contributed by atoms with E-state index in [1.807, 2.05) is 0 Å². The van der Waals surface area contributed by atoms with E-state index in [0.29, 0.717) is 0 Å². The van der Waals surface area contributed by atoms with Gasteiger partial charge in [0.25, 0.3) is 0 Å². The van der Waals surface area contributed by atoms with E-state index in [9.17, 15) is 0 Å². The van der Waals surface area contributed by atoms with E-state index in [1.54, 1.807) is 14.2 Å². The molecular formula is C52H50Cl4Mn4O14P2. The Balaban J connectivity index is 0.000000296. The second-order valence-electron chi connectivity index (χ2n) is 15.1. The van der Waals surface area contributed by atoms with Crippen LogP contribution in [0.1, 0.15) is 11.1 Å². The third-order valence-corrected chi connectivity index (χ3v) is 19.1. The summed E-state index contributed by atoms with van der Waals surface area (Å²) in [5.74, 6) is 1.79. The van der Waals surface area contributed by atoms with Crippen LogP contribution in [-0.2, 0) is 91.5 Å². The topological polar surface area (TPSA) is 242 Å². The first-order chi connectivity index (χ1) is 35.7. The summed E-state index contributed by atoms with van der Waals surface area (Å²) in [5.41, 5.74) is 2.65. The molecule has 0 saturated carbocycles. The summed E-state index contributed by atoms with van der Waals surface area (Å²) in [6, 6.07) is 83.0. The van der Waals surface area contributed by atoms with Crippen LogP contribution in [0.25, 0.3) is 0 Å². The maximum atomic E-state index is 9.01. The first-order valence-electron chi connectivity index (χ1n) is 21.5. The Kier molecular flexibility index (Phi) is 27.7. The molecule has 0 amide bonds. The first-order valence-corrected chi connectivity index (χ1v) is 37.8. The average Bonchev–Trinajstić information content (AvgIpc) is 3.37. The van der Waals surface area contributed by atoms with Gasteiger partial charge in [0.1, 0.15) is 57.9 Å². The van der Waals surface area contributed by atoms with Crippen molar-refractivity contribution in [1.29, 1.82) is 0 Å². The Bertz CT molecular complexity index is 2890. The first kappa shape index (κ1) is 66.0. The fraction of sp³-hybridized carbons (Fsp3) is 0.0769. The molecule has 0 radical (unpaired) electrons. The van der Waals surface area contributed by atoms with E-state index in [1.165, 1.54) is 43.0 Å². The van der Waals surface area contributed by atoms with Gasteiger partial charge in [-0.2, -0.15) is 0 Å². The van der Waals surface area contributed by atoms with Crippen LogP contribution in [0.5, 0.6) is 11.5 Å². The van der Waals surface area contributed by atoms with Gasteiger partial charge in [0, 0.05) is 0 Å². The molecule has 0 aliphatic carbocycles. The Morgan fingerprint density at radius 1 is 0.342 bits per heavy atom. The third-order valence-electron chi connectivity index (χ3n) is 10.3. The van der Waals surface area contributed by atoms with Crippen molar-refractivity contribution < 1.29 is 105 Å². The molecule has 0 aliphatic heterocycles. The van der Waals surface area contributed by atoms with Gasteiger partial charge < -0.3 is 9.47 Å². The number of hydrogen-bond acceptors (Lipinski definition) is 12. The molecule has 0 fully saturated rings. The quantitative estimate of drug-likeness (QED) is 0.0859. The van der Waals surface area contributed by atoms with Crippen molar-refractivity contribution in [1.82, 2.24) is 0 Å². The fourth-order valence-electron chi connectivity index (χ4n) is 7.55. The molecule has 0 unspecified atom stereocenters. The van der Waals surface area contributed by atoms with Gasteiger partial charge in [-0.3, -0.25) is 0 Å². The third kappa shape index (κ3) is 25.4. The number of benzene rings is 8.